The number of amides is 1. The van der Waals surface area contributed by atoms with Crippen molar-refractivity contribution in [3.63, 3.8) is 0 Å². The van der Waals surface area contributed by atoms with Crippen LogP contribution < -0.4 is 0 Å². The standard InChI is InChI=1S/C17H25NO2/c1-13(19)18-12-17-9-6-15(20-17)10-14(17)11-16(18)7-4-2-3-5-8-16/h6,9,14-15H,2-5,7-8,10-12H2,1H3/t14-,15+,17+/m1/s1. The molecule has 0 unspecified atom stereocenters. The van der Waals surface area contributed by atoms with Crippen LogP contribution in [-0.4, -0.2) is 34.6 Å². The van der Waals surface area contributed by atoms with Crippen molar-refractivity contribution >= 4 is 5.91 Å². The number of ether oxygens (including phenoxy) is 1. The largest absolute Gasteiger partial charge is 0.361 e. The number of hydrogen-bond donors (Lipinski definition) is 0. The molecule has 3 nitrogen and oxygen atoms in total. The van der Waals surface area contributed by atoms with Crippen molar-refractivity contribution in [2.45, 2.75) is 75.5 Å². The number of carbonyl (C=O) groups is 1. The SMILES string of the molecule is CC(=O)N1C[C@@]23C=C[C@@H](C[C@@H]2CC12CCCCCC2)O3. The van der Waals surface area contributed by atoms with E-state index in [1.54, 1.807) is 6.92 Å². The Hall–Kier alpha value is -0.830. The van der Waals surface area contributed by atoms with Gasteiger partial charge < -0.3 is 9.64 Å². The second-order valence-electron chi connectivity index (χ2n) is 7.35. The van der Waals surface area contributed by atoms with Gasteiger partial charge in [0.25, 0.3) is 0 Å². The van der Waals surface area contributed by atoms with Gasteiger partial charge in [0, 0.05) is 12.5 Å². The van der Waals surface area contributed by atoms with Gasteiger partial charge in [0.15, 0.2) is 0 Å². The van der Waals surface area contributed by atoms with E-state index in [2.05, 4.69) is 17.1 Å². The molecule has 3 fully saturated rings. The summed E-state index contributed by atoms with van der Waals surface area (Å²) >= 11 is 0. The quantitative estimate of drug-likeness (QED) is 0.636. The van der Waals surface area contributed by atoms with Crippen LogP contribution in [0.5, 0.6) is 0 Å². The summed E-state index contributed by atoms with van der Waals surface area (Å²) in [5.74, 6) is 0.873. The summed E-state index contributed by atoms with van der Waals surface area (Å²) in [4.78, 5) is 14.5. The fraction of sp³-hybridized carbons (Fsp3) is 0.824. The van der Waals surface area contributed by atoms with E-state index in [0.717, 1.165) is 13.0 Å². The van der Waals surface area contributed by atoms with Gasteiger partial charge in [0.1, 0.15) is 5.60 Å². The predicted octanol–water partition coefficient (Wildman–Crippen LogP) is 3.05. The highest BCUT2D eigenvalue weighted by Gasteiger charge is 2.59. The second kappa shape index (κ2) is 4.33. The van der Waals surface area contributed by atoms with Gasteiger partial charge in [-0.2, -0.15) is 0 Å². The van der Waals surface area contributed by atoms with Crippen LogP contribution in [0.2, 0.25) is 0 Å². The number of fused-ring (bicyclic) bond motifs is 1. The lowest BCUT2D eigenvalue weighted by Gasteiger charge is -2.54. The molecular formula is C17H25NO2. The predicted molar refractivity (Wildman–Crippen MR) is 77.3 cm³/mol. The van der Waals surface area contributed by atoms with Crippen molar-refractivity contribution in [1.29, 1.82) is 0 Å². The van der Waals surface area contributed by atoms with Crippen LogP contribution in [0, 0.1) is 5.92 Å². The molecule has 4 rings (SSSR count). The van der Waals surface area contributed by atoms with Crippen LogP contribution in [0.15, 0.2) is 12.2 Å². The third-order valence-electron chi connectivity index (χ3n) is 6.19. The van der Waals surface area contributed by atoms with Gasteiger partial charge in [-0.1, -0.05) is 37.8 Å². The molecule has 1 saturated carbocycles. The molecule has 3 aliphatic heterocycles. The highest BCUT2D eigenvalue weighted by atomic mass is 16.5. The van der Waals surface area contributed by atoms with E-state index >= 15 is 0 Å². The van der Waals surface area contributed by atoms with Gasteiger partial charge in [-0.15, -0.1) is 0 Å². The summed E-state index contributed by atoms with van der Waals surface area (Å²) in [7, 11) is 0. The molecule has 3 atom stereocenters. The van der Waals surface area contributed by atoms with Crippen molar-refractivity contribution < 1.29 is 9.53 Å². The molecule has 0 aromatic heterocycles. The number of hydrogen-bond acceptors (Lipinski definition) is 2. The van der Waals surface area contributed by atoms with E-state index in [0.29, 0.717) is 12.0 Å². The molecule has 2 bridgehead atoms. The van der Waals surface area contributed by atoms with Crippen LogP contribution in [0.1, 0.15) is 58.3 Å². The minimum Gasteiger partial charge on any atom is -0.361 e. The zero-order chi connectivity index (χ0) is 13.8. The van der Waals surface area contributed by atoms with Crippen molar-refractivity contribution in [1.82, 2.24) is 4.90 Å². The Kier molecular flexibility index (Phi) is 2.79. The Balaban J connectivity index is 1.68. The van der Waals surface area contributed by atoms with Crippen LogP contribution >= 0.6 is 0 Å². The van der Waals surface area contributed by atoms with E-state index < -0.39 is 0 Å². The van der Waals surface area contributed by atoms with E-state index in [1.165, 1.54) is 44.9 Å². The smallest absolute Gasteiger partial charge is 0.220 e. The number of nitrogens with zero attached hydrogens (tertiary/aromatic N) is 1. The van der Waals surface area contributed by atoms with Crippen molar-refractivity contribution in [3.05, 3.63) is 12.2 Å². The normalized spacial score (nSPS) is 41.8. The van der Waals surface area contributed by atoms with Crippen LogP contribution in [-0.2, 0) is 9.53 Å². The molecule has 1 aliphatic carbocycles. The average molecular weight is 275 g/mol. The van der Waals surface area contributed by atoms with Crippen LogP contribution in [0.25, 0.3) is 0 Å². The first kappa shape index (κ1) is 12.9. The Morgan fingerprint density at radius 3 is 2.65 bits per heavy atom. The minimum absolute atomic E-state index is 0.139. The Labute approximate surface area is 121 Å². The number of carbonyl (C=O) groups excluding carboxylic acids is 1. The van der Waals surface area contributed by atoms with Gasteiger partial charge in [-0.25, -0.2) is 0 Å². The van der Waals surface area contributed by atoms with Gasteiger partial charge in [0.05, 0.1) is 12.6 Å². The third-order valence-corrected chi connectivity index (χ3v) is 6.19. The molecule has 3 heteroatoms. The first-order valence-electron chi connectivity index (χ1n) is 8.29. The van der Waals surface area contributed by atoms with E-state index in [-0.39, 0.29) is 17.0 Å². The molecule has 2 saturated heterocycles. The van der Waals surface area contributed by atoms with E-state index in [1.807, 2.05) is 0 Å². The monoisotopic (exact) mass is 275 g/mol. The molecule has 3 heterocycles. The lowest BCUT2D eigenvalue weighted by molar-refractivity contribution is -0.151. The summed E-state index contributed by atoms with van der Waals surface area (Å²) in [6.45, 7) is 2.54. The van der Waals surface area contributed by atoms with Crippen LogP contribution in [0.4, 0.5) is 0 Å². The van der Waals surface area contributed by atoms with Gasteiger partial charge in [-0.05, 0) is 31.6 Å². The molecule has 110 valence electrons. The maximum atomic E-state index is 12.3. The Bertz CT molecular complexity index is 450. The zero-order valence-electron chi connectivity index (χ0n) is 12.4. The maximum absolute atomic E-state index is 12.3. The number of likely N-dealkylation sites (tertiary alicyclic amines) is 1. The fourth-order valence-electron chi connectivity index (χ4n) is 5.23. The lowest BCUT2D eigenvalue weighted by atomic mass is 9.67. The molecule has 2 spiro atoms. The summed E-state index contributed by atoms with van der Waals surface area (Å²) in [5.41, 5.74) is -0.00613. The first-order chi connectivity index (χ1) is 9.64. The third kappa shape index (κ3) is 1.71. The summed E-state index contributed by atoms with van der Waals surface area (Å²) in [5, 5.41) is 0. The molecule has 0 aromatic rings. The molecule has 1 amide bonds. The van der Waals surface area contributed by atoms with Crippen LogP contribution in [0.3, 0.4) is 0 Å². The fourth-order valence-corrected chi connectivity index (χ4v) is 5.23. The second-order valence-corrected chi connectivity index (χ2v) is 7.35. The highest BCUT2D eigenvalue weighted by molar-refractivity contribution is 5.74. The van der Waals surface area contributed by atoms with E-state index in [4.69, 9.17) is 4.74 Å². The molecule has 20 heavy (non-hydrogen) atoms. The van der Waals surface area contributed by atoms with Gasteiger partial charge in [-0.3, -0.25) is 4.79 Å². The molecule has 4 aliphatic rings. The molecule has 0 radical (unpaired) electrons. The highest BCUT2D eigenvalue weighted by Crippen LogP contribution is 2.54. The van der Waals surface area contributed by atoms with Gasteiger partial charge >= 0.3 is 0 Å². The minimum atomic E-state index is -0.145. The molecule has 0 aromatic carbocycles. The Morgan fingerprint density at radius 1 is 1.25 bits per heavy atom. The topological polar surface area (TPSA) is 29.5 Å². The zero-order valence-corrected chi connectivity index (χ0v) is 12.4. The number of piperidine rings is 1. The summed E-state index contributed by atoms with van der Waals surface area (Å²) in [6.07, 6.45) is 14.7. The average Bonchev–Trinajstić information content (AvgIpc) is 2.88. The molecule has 0 N–H and O–H groups in total. The first-order valence-corrected chi connectivity index (χ1v) is 8.29. The van der Waals surface area contributed by atoms with Crippen molar-refractivity contribution in [2.24, 2.45) is 5.92 Å². The van der Waals surface area contributed by atoms with Crippen molar-refractivity contribution in [2.75, 3.05) is 6.54 Å². The Morgan fingerprint density at radius 2 is 2.00 bits per heavy atom. The van der Waals surface area contributed by atoms with Gasteiger partial charge in [0.2, 0.25) is 5.91 Å². The van der Waals surface area contributed by atoms with Crippen molar-refractivity contribution in [3.8, 4) is 0 Å². The molecular weight excluding hydrogens is 250 g/mol. The van der Waals surface area contributed by atoms with E-state index in [9.17, 15) is 4.79 Å². The summed E-state index contributed by atoms with van der Waals surface area (Å²) < 4.78 is 6.20. The summed E-state index contributed by atoms with van der Waals surface area (Å²) in [6, 6.07) is 0. The lowest BCUT2D eigenvalue weighted by Crippen LogP contribution is -2.63. The number of rotatable bonds is 0. The maximum Gasteiger partial charge on any atom is 0.220 e.